The van der Waals surface area contributed by atoms with Gasteiger partial charge in [-0.2, -0.15) is 0 Å². The number of rotatable bonds is 2. The Morgan fingerprint density at radius 2 is 1.87 bits per heavy atom. The molecule has 0 saturated carbocycles. The topological polar surface area (TPSA) is 22.1 Å². The molecule has 0 atom stereocenters. The van der Waals surface area contributed by atoms with Crippen LogP contribution in [0.15, 0.2) is 42.6 Å². The van der Waals surface area contributed by atoms with Gasteiger partial charge in [0.15, 0.2) is 0 Å². The van der Waals surface area contributed by atoms with Gasteiger partial charge in [-0.3, -0.25) is 0 Å². The van der Waals surface area contributed by atoms with Crippen LogP contribution in [-0.4, -0.2) is 4.98 Å². The lowest BCUT2D eigenvalue weighted by Crippen LogP contribution is -1.91. The van der Waals surface area contributed by atoms with E-state index in [1.54, 1.807) is 6.20 Å². The predicted octanol–water partition coefficient (Wildman–Crippen LogP) is 3.49. The third-order valence-electron chi connectivity index (χ3n) is 2.41. The van der Waals surface area contributed by atoms with Crippen LogP contribution in [0.5, 0.6) is 11.6 Å². The van der Waals surface area contributed by atoms with Gasteiger partial charge in [0, 0.05) is 12.3 Å². The van der Waals surface area contributed by atoms with E-state index in [0.717, 1.165) is 11.3 Å². The summed E-state index contributed by atoms with van der Waals surface area (Å²) in [6.07, 6.45) is 1.72. The van der Waals surface area contributed by atoms with E-state index < -0.39 is 0 Å². The van der Waals surface area contributed by atoms with Crippen molar-refractivity contribution in [1.29, 1.82) is 0 Å². The second-order valence-corrected chi connectivity index (χ2v) is 3.47. The molecule has 0 spiro atoms. The summed E-state index contributed by atoms with van der Waals surface area (Å²) in [7, 11) is 0. The highest BCUT2D eigenvalue weighted by Crippen LogP contribution is 2.24. The van der Waals surface area contributed by atoms with E-state index in [1.165, 1.54) is 5.56 Å². The van der Waals surface area contributed by atoms with Crippen molar-refractivity contribution in [2.75, 3.05) is 0 Å². The Morgan fingerprint density at radius 1 is 1.00 bits per heavy atom. The first-order chi connectivity index (χ1) is 7.27. The van der Waals surface area contributed by atoms with Crippen molar-refractivity contribution < 1.29 is 4.74 Å². The number of aromatic nitrogens is 1. The van der Waals surface area contributed by atoms with Crippen molar-refractivity contribution in [1.82, 2.24) is 4.98 Å². The molecule has 0 radical (unpaired) electrons. The quantitative estimate of drug-likeness (QED) is 0.738. The molecule has 2 nitrogen and oxygen atoms in total. The average molecular weight is 199 g/mol. The number of benzene rings is 1. The predicted molar refractivity (Wildman–Crippen MR) is 60.2 cm³/mol. The van der Waals surface area contributed by atoms with Crippen LogP contribution >= 0.6 is 0 Å². The summed E-state index contributed by atoms with van der Waals surface area (Å²) in [6.45, 7) is 4.12. The molecule has 0 N–H and O–H groups in total. The molecule has 2 heteroatoms. The molecule has 0 fully saturated rings. The smallest absolute Gasteiger partial charge is 0.219 e. The minimum absolute atomic E-state index is 0.631. The monoisotopic (exact) mass is 199 g/mol. The van der Waals surface area contributed by atoms with Gasteiger partial charge in [-0.25, -0.2) is 4.98 Å². The molecule has 0 saturated heterocycles. The summed E-state index contributed by atoms with van der Waals surface area (Å²) in [6, 6.07) is 11.6. The SMILES string of the molecule is Cc1cccc(Oc2ccccn2)c1C. The van der Waals surface area contributed by atoms with Crippen LogP contribution in [0.2, 0.25) is 0 Å². The molecule has 2 rings (SSSR count). The maximum atomic E-state index is 5.68. The number of hydrogen-bond acceptors (Lipinski definition) is 2. The molecule has 0 unspecified atom stereocenters. The van der Waals surface area contributed by atoms with Gasteiger partial charge in [0.2, 0.25) is 5.88 Å². The molecular weight excluding hydrogens is 186 g/mol. The zero-order valence-electron chi connectivity index (χ0n) is 8.90. The first kappa shape index (κ1) is 9.71. The summed E-state index contributed by atoms with van der Waals surface area (Å²) >= 11 is 0. The van der Waals surface area contributed by atoms with Gasteiger partial charge in [-0.05, 0) is 37.1 Å². The van der Waals surface area contributed by atoms with Gasteiger partial charge in [0.1, 0.15) is 5.75 Å². The number of aryl methyl sites for hydroxylation is 1. The van der Waals surface area contributed by atoms with E-state index in [2.05, 4.69) is 18.0 Å². The van der Waals surface area contributed by atoms with Crippen LogP contribution in [0.4, 0.5) is 0 Å². The van der Waals surface area contributed by atoms with E-state index >= 15 is 0 Å². The molecule has 1 aromatic carbocycles. The molecule has 0 aliphatic carbocycles. The van der Waals surface area contributed by atoms with E-state index in [4.69, 9.17) is 4.74 Å². The first-order valence-electron chi connectivity index (χ1n) is 4.92. The van der Waals surface area contributed by atoms with Crippen molar-refractivity contribution in [3.8, 4) is 11.6 Å². The summed E-state index contributed by atoms with van der Waals surface area (Å²) in [5, 5.41) is 0. The number of pyridine rings is 1. The van der Waals surface area contributed by atoms with Crippen molar-refractivity contribution in [2.24, 2.45) is 0 Å². The van der Waals surface area contributed by atoms with Gasteiger partial charge in [-0.1, -0.05) is 18.2 Å². The van der Waals surface area contributed by atoms with Crippen LogP contribution in [0.1, 0.15) is 11.1 Å². The molecular formula is C13H13NO. The number of hydrogen-bond donors (Lipinski definition) is 0. The highest BCUT2D eigenvalue weighted by Gasteiger charge is 2.02. The van der Waals surface area contributed by atoms with E-state index in [-0.39, 0.29) is 0 Å². The second kappa shape index (κ2) is 4.13. The van der Waals surface area contributed by atoms with Crippen molar-refractivity contribution in [3.05, 3.63) is 53.7 Å². The fourth-order valence-electron chi connectivity index (χ4n) is 1.35. The van der Waals surface area contributed by atoms with Gasteiger partial charge in [0.05, 0.1) is 0 Å². The molecule has 1 heterocycles. The fraction of sp³-hybridized carbons (Fsp3) is 0.154. The molecule has 0 amide bonds. The van der Waals surface area contributed by atoms with Crippen molar-refractivity contribution in [3.63, 3.8) is 0 Å². The normalized spacial score (nSPS) is 10.0. The molecule has 0 aliphatic heterocycles. The Bertz CT molecular complexity index is 451. The van der Waals surface area contributed by atoms with Gasteiger partial charge in [-0.15, -0.1) is 0 Å². The van der Waals surface area contributed by atoms with Crippen LogP contribution in [-0.2, 0) is 0 Å². The van der Waals surface area contributed by atoms with Crippen molar-refractivity contribution in [2.45, 2.75) is 13.8 Å². The zero-order chi connectivity index (χ0) is 10.7. The number of ether oxygens (including phenoxy) is 1. The highest BCUT2D eigenvalue weighted by molar-refractivity contribution is 5.40. The Kier molecular flexibility index (Phi) is 2.68. The molecule has 15 heavy (non-hydrogen) atoms. The minimum atomic E-state index is 0.631. The van der Waals surface area contributed by atoms with Crippen LogP contribution in [0, 0.1) is 13.8 Å². The van der Waals surface area contributed by atoms with Crippen LogP contribution < -0.4 is 4.74 Å². The molecule has 2 aromatic rings. The third-order valence-corrected chi connectivity index (χ3v) is 2.41. The Hall–Kier alpha value is -1.83. The second-order valence-electron chi connectivity index (χ2n) is 3.47. The summed E-state index contributed by atoms with van der Waals surface area (Å²) < 4.78 is 5.68. The Balaban J connectivity index is 2.29. The summed E-state index contributed by atoms with van der Waals surface area (Å²) in [5.74, 6) is 1.50. The lowest BCUT2D eigenvalue weighted by atomic mass is 10.1. The van der Waals surface area contributed by atoms with Gasteiger partial charge < -0.3 is 4.74 Å². The largest absolute Gasteiger partial charge is 0.439 e. The third kappa shape index (κ3) is 2.15. The van der Waals surface area contributed by atoms with Gasteiger partial charge >= 0.3 is 0 Å². The molecule has 1 aromatic heterocycles. The molecule has 0 bridgehead atoms. The summed E-state index contributed by atoms with van der Waals surface area (Å²) in [4.78, 5) is 4.12. The molecule has 0 aliphatic rings. The van der Waals surface area contributed by atoms with E-state index in [9.17, 15) is 0 Å². The molecule has 76 valence electrons. The maximum Gasteiger partial charge on any atom is 0.219 e. The van der Waals surface area contributed by atoms with Crippen LogP contribution in [0.3, 0.4) is 0 Å². The van der Waals surface area contributed by atoms with Crippen LogP contribution in [0.25, 0.3) is 0 Å². The highest BCUT2D eigenvalue weighted by atomic mass is 16.5. The lowest BCUT2D eigenvalue weighted by Gasteiger charge is -2.08. The minimum Gasteiger partial charge on any atom is -0.439 e. The zero-order valence-corrected chi connectivity index (χ0v) is 8.90. The fourth-order valence-corrected chi connectivity index (χ4v) is 1.35. The van der Waals surface area contributed by atoms with E-state index in [0.29, 0.717) is 5.88 Å². The average Bonchev–Trinajstić information content (AvgIpc) is 2.26. The maximum absolute atomic E-state index is 5.68. The summed E-state index contributed by atoms with van der Waals surface area (Å²) in [5.41, 5.74) is 2.38. The van der Waals surface area contributed by atoms with Crippen molar-refractivity contribution >= 4 is 0 Å². The van der Waals surface area contributed by atoms with E-state index in [1.807, 2.05) is 37.3 Å². The lowest BCUT2D eigenvalue weighted by molar-refractivity contribution is 0.459. The Morgan fingerprint density at radius 3 is 2.60 bits per heavy atom. The standard InChI is InChI=1S/C13H13NO/c1-10-6-5-7-12(11(10)2)15-13-8-3-4-9-14-13/h3-9H,1-2H3. The van der Waals surface area contributed by atoms with Gasteiger partial charge in [0.25, 0.3) is 0 Å². The Labute approximate surface area is 89.6 Å². The first-order valence-corrected chi connectivity index (χ1v) is 4.92. The number of nitrogens with zero attached hydrogens (tertiary/aromatic N) is 1.